The molecule has 0 unspecified atom stereocenters. The van der Waals surface area contributed by atoms with Crippen LogP contribution in [0.4, 0.5) is 0 Å². The van der Waals surface area contributed by atoms with Gasteiger partial charge in [-0.05, 0) is 28.4 Å². The summed E-state index contributed by atoms with van der Waals surface area (Å²) in [6, 6.07) is 1.74. The Hall–Kier alpha value is -0.940. The minimum Gasteiger partial charge on any atom is -0.391 e. The van der Waals surface area contributed by atoms with Crippen LogP contribution in [0, 0.1) is 0 Å². The van der Waals surface area contributed by atoms with E-state index < -0.39 is 0 Å². The first-order chi connectivity index (χ1) is 7.16. The molecule has 1 saturated heterocycles. The molecule has 4 nitrogen and oxygen atoms in total. The molecule has 1 fully saturated rings. The molecule has 1 aliphatic rings. The van der Waals surface area contributed by atoms with Crippen LogP contribution >= 0.6 is 15.9 Å². The molecule has 1 amide bonds. The number of likely N-dealkylation sites (tertiary alicyclic amines) is 1. The molecule has 1 aliphatic heterocycles. The summed E-state index contributed by atoms with van der Waals surface area (Å²) in [5, 5.41) is 9.33. The minimum absolute atomic E-state index is 0.0691. The summed E-state index contributed by atoms with van der Waals surface area (Å²) < 4.78 is 0.785. The zero-order valence-corrected chi connectivity index (χ0v) is 9.64. The van der Waals surface area contributed by atoms with Crippen molar-refractivity contribution in [2.24, 2.45) is 0 Å². The number of nitrogens with zero attached hydrogens (tertiary/aromatic N) is 2. The smallest absolute Gasteiger partial charge is 0.255 e. The van der Waals surface area contributed by atoms with E-state index in [0.29, 0.717) is 25.1 Å². The summed E-state index contributed by atoms with van der Waals surface area (Å²) in [5.41, 5.74) is 0.554. The van der Waals surface area contributed by atoms with Crippen molar-refractivity contribution in [3.8, 4) is 0 Å². The molecule has 1 N–H and O–H groups in total. The molecule has 80 valence electrons. The lowest BCUT2D eigenvalue weighted by Gasteiger charge is -2.15. The average molecular weight is 271 g/mol. The highest BCUT2D eigenvalue weighted by molar-refractivity contribution is 9.10. The Bertz CT molecular complexity index is 383. The number of pyridine rings is 1. The van der Waals surface area contributed by atoms with Crippen molar-refractivity contribution in [1.29, 1.82) is 0 Å². The van der Waals surface area contributed by atoms with E-state index in [1.807, 2.05) is 0 Å². The Labute approximate surface area is 96.1 Å². The molecule has 0 aromatic carbocycles. The van der Waals surface area contributed by atoms with Crippen LogP contribution in [0.25, 0.3) is 0 Å². The van der Waals surface area contributed by atoms with Crippen LogP contribution in [-0.4, -0.2) is 40.1 Å². The number of aliphatic hydroxyl groups is 1. The highest BCUT2D eigenvalue weighted by Gasteiger charge is 2.25. The topological polar surface area (TPSA) is 53.4 Å². The fourth-order valence-corrected chi connectivity index (χ4v) is 2.00. The van der Waals surface area contributed by atoms with Crippen LogP contribution < -0.4 is 0 Å². The number of carbonyl (C=O) groups is 1. The summed E-state index contributed by atoms with van der Waals surface area (Å²) in [4.78, 5) is 17.5. The van der Waals surface area contributed by atoms with E-state index in [9.17, 15) is 9.90 Å². The fourth-order valence-electron chi connectivity index (χ4n) is 1.64. The third-order valence-corrected chi connectivity index (χ3v) is 2.84. The highest BCUT2D eigenvalue weighted by Crippen LogP contribution is 2.15. The molecule has 2 rings (SSSR count). The van der Waals surface area contributed by atoms with Crippen molar-refractivity contribution in [2.75, 3.05) is 13.1 Å². The van der Waals surface area contributed by atoms with Gasteiger partial charge in [-0.15, -0.1) is 0 Å². The molecule has 0 radical (unpaired) electrons. The predicted molar refractivity (Wildman–Crippen MR) is 58.5 cm³/mol. The van der Waals surface area contributed by atoms with Gasteiger partial charge >= 0.3 is 0 Å². The summed E-state index contributed by atoms with van der Waals surface area (Å²) in [6.45, 7) is 1.04. The van der Waals surface area contributed by atoms with E-state index in [4.69, 9.17) is 0 Å². The van der Waals surface area contributed by atoms with Crippen molar-refractivity contribution < 1.29 is 9.90 Å². The lowest BCUT2D eigenvalue weighted by molar-refractivity contribution is 0.0764. The van der Waals surface area contributed by atoms with Crippen LogP contribution in [0.1, 0.15) is 16.8 Å². The fraction of sp³-hybridized carbons (Fsp3) is 0.400. The number of hydrogen-bond donors (Lipinski definition) is 1. The second-order valence-electron chi connectivity index (χ2n) is 3.59. The molecule has 2 heterocycles. The maximum absolute atomic E-state index is 11.9. The lowest BCUT2D eigenvalue weighted by Crippen LogP contribution is -2.29. The monoisotopic (exact) mass is 270 g/mol. The normalized spacial score (nSPS) is 20.7. The van der Waals surface area contributed by atoms with Crippen LogP contribution in [0.3, 0.4) is 0 Å². The van der Waals surface area contributed by atoms with Crippen molar-refractivity contribution in [2.45, 2.75) is 12.5 Å². The van der Waals surface area contributed by atoms with E-state index in [1.54, 1.807) is 17.2 Å². The molecule has 1 aromatic rings. The third kappa shape index (κ3) is 2.35. The van der Waals surface area contributed by atoms with Crippen molar-refractivity contribution in [1.82, 2.24) is 9.88 Å². The largest absolute Gasteiger partial charge is 0.391 e. The number of halogens is 1. The van der Waals surface area contributed by atoms with E-state index in [2.05, 4.69) is 20.9 Å². The first kappa shape index (κ1) is 10.6. The molecular formula is C10H11BrN2O2. The maximum Gasteiger partial charge on any atom is 0.255 e. The Balaban J connectivity index is 2.14. The second kappa shape index (κ2) is 4.28. The van der Waals surface area contributed by atoms with Crippen molar-refractivity contribution in [3.05, 3.63) is 28.5 Å². The van der Waals surface area contributed by atoms with Crippen LogP contribution in [0.2, 0.25) is 0 Å². The van der Waals surface area contributed by atoms with Crippen LogP contribution in [0.5, 0.6) is 0 Å². The number of carbonyl (C=O) groups excluding carboxylic acids is 1. The Morgan fingerprint density at radius 2 is 2.40 bits per heavy atom. The van der Waals surface area contributed by atoms with E-state index >= 15 is 0 Å². The first-order valence-corrected chi connectivity index (χ1v) is 5.54. The van der Waals surface area contributed by atoms with Crippen molar-refractivity contribution in [3.63, 3.8) is 0 Å². The molecule has 0 saturated carbocycles. The van der Waals surface area contributed by atoms with Gasteiger partial charge in [0.1, 0.15) is 0 Å². The number of β-amino-alcohol motifs (C(OH)–C–C–N with tert-alkyl or cyclic N) is 1. The predicted octanol–water partition coefficient (Wildman–Crippen LogP) is 1.05. The van der Waals surface area contributed by atoms with Gasteiger partial charge in [0, 0.05) is 30.0 Å². The lowest BCUT2D eigenvalue weighted by atomic mass is 10.2. The molecular weight excluding hydrogens is 260 g/mol. The molecule has 1 aromatic heterocycles. The number of aromatic nitrogens is 1. The molecule has 0 bridgehead atoms. The minimum atomic E-state index is -0.380. The molecule has 0 spiro atoms. The highest BCUT2D eigenvalue weighted by atomic mass is 79.9. The molecule has 5 heteroatoms. The maximum atomic E-state index is 11.9. The van der Waals surface area contributed by atoms with E-state index in [0.717, 1.165) is 4.47 Å². The number of hydrogen-bond acceptors (Lipinski definition) is 3. The Kier molecular flexibility index (Phi) is 3.02. The van der Waals surface area contributed by atoms with Gasteiger partial charge in [0.05, 0.1) is 11.7 Å². The van der Waals surface area contributed by atoms with Gasteiger partial charge in [0.25, 0.3) is 5.91 Å². The van der Waals surface area contributed by atoms with Gasteiger partial charge in [-0.3, -0.25) is 9.78 Å². The Morgan fingerprint density at radius 1 is 1.60 bits per heavy atom. The standard InChI is InChI=1S/C10H11BrN2O2/c11-8-3-7(4-12-5-8)10(15)13-2-1-9(14)6-13/h3-5,9,14H,1-2,6H2/t9-/m0/s1. The summed E-state index contributed by atoms with van der Waals surface area (Å²) in [7, 11) is 0. The number of rotatable bonds is 1. The van der Waals surface area contributed by atoms with Crippen LogP contribution in [0.15, 0.2) is 22.9 Å². The molecule has 0 aliphatic carbocycles. The van der Waals surface area contributed by atoms with Gasteiger partial charge in [-0.2, -0.15) is 0 Å². The quantitative estimate of drug-likeness (QED) is 0.830. The Morgan fingerprint density at radius 3 is 3.00 bits per heavy atom. The number of amides is 1. The van der Waals surface area contributed by atoms with Gasteiger partial charge in [0.15, 0.2) is 0 Å². The molecule has 1 atom stereocenters. The van der Waals surface area contributed by atoms with Gasteiger partial charge < -0.3 is 10.0 Å². The van der Waals surface area contributed by atoms with E-state index in [1.165, 1.54) is 6.20 Å². The SMILES string of the molecule is O=C(c1cncc(Br)c1)N1CC[C@H](O)C1. The van der Waals surface area contributed by atoms with E-state index in [-0.39, 0.29) is 12.0 Å². The average Bonchev–Trinajstić information content (AvgIpc) is 2.64. The van der Waals surface area contributed by atoms with Gasteiger partial charge in [0.2, 0.25) is 0 Å². The number of aliphatic hydroxyl groups excluding tert-OH is 1. The summed E-state index contributed by atoms with van der Waals surface area (Å²) >= 11 is 3.27. The summed E-state index contributed by atoms with van der Waals surface area (Å²) in [5.74, 6) is -0.0691. The van der Waals surface area contributed by atoms with Gasteiger partial charge in [-0.25, -0.2) is 0 Å². The van der Waals surface area contributed by atoms with Crippen LogP contribution in [-0.2, 0) is 0 Å². The third-order valence-electron chi connectivity index (χ3n) is 2.40. The molecule has 15 heavy (non-hydrogen) atoms. The zero-order valence-electron chi connectivity index (χ0n) is 8.06. The zero-order chi connectivity index (χ0) is 10.8. The summed E-state index contributed by atoms with van der Waals surface area (Å²) in [6.07, 6.45) is 3.45. The second-order valence-corrected chi connectivity index (χ2v) is 4.50. The van der Waals surface area contributed by atoms with Crippen molar-refractivity contribution >= 4 is 21.8 Å². The van der Waals surface area contributed by atoms with Gasteiger partial charge in [-0.1, -0.05) is 0 Å². The first-order valence-electron chi connectivity index (χ1n) is 4.74.